The number of benzene rings is 9. The molecule has 0 aromatic heterocycles. The van der Waals surface area contributed by atoms with Crippen molar-refractivity contribution in [3.63, 3.8) is 0 Å². The van der Waals surface area contributed by atoms with Crippen LogP contribution in [-0.4, -0.2) is 92.7 Å². The van der Waals surface area contributed by atoms with Gasteiger partial charge in [-0.05, 0) is 50.1 Å². The van der Waals surface area contributed by atoms with Crippen LogP contribution < -0.4 is 0 Å². The molecule has 2 N–H and O–H groups in total. The maximum atomic E-state index is 14.6. The number of rotatable bonds is 18. The van der Waals surface area contributed by atoms with Gasteiger partial charge in [-0.1, -0.05) is 287 Å². The summed E-state index contributed by atoms with van der Waals surface area (Å²) in [5, 5.41) is 20.2. The summed E-state index contributed by atoms with van der Waals surface area (Å²) in [4.78, 5) is 0. The van der Waals surface area contributed by atoms with Gasteiger partial charge in [-0.25, -0.2) is 8.78 Å². The quantitative estimate of drug-likeness (QED) is 0.0821. The van der Waals surface area contributed by atoms with Gasteiger partial charge in [0.05, 0.1) is 45.7 Å². The lowest BCUT2D eigenvalue weighted by molar-refractivity contribution is -0.0705. The highest BCUT2D eigenvalue weighted by molar-refractivity contribution is 5.50. The van der Waals surface area contributed by atoms with Crippen molar-refractivity contribution in [2.45, 2.75) is 73.5 Å². The van der Waals surface area contributed by atoms with Gasteiger partial charge in [0.15, 0.2) is 6.17 Å². The molecule has 3 aliphatic heterocycles. The number of alkyl halides is 2. The molecule has 3 heterocycles. The lowest BCUT2D eigenvalue weighted by Gasteiger charge is -2.37. The summed E-state index contributed by atoms with van der Waals surface area (Å²) in [6.07, 6.45) is -5.77. The highest BCUT2D eigenvalue weighted by atomic mass is 19.1. The Morgan fingerprint density at radius 1 is 0.321 bits per heavy atom. The van der Waals surface area contributed by atoms with Crippen LogP contribution in [0.2, 0.25) is 0 Å². The van der Waals surface area contributed by atoms with Crippen LogP contribution in [-0.2, 0) is 45.2 Å². The predicted molar refractivity (Wildman–Crippen MR) is 325 cm³/mol. The highest BCUT2D eigenvalue weighted by Crippen LogP contribution is 2.44. The Kier molecular flexibility index (Phi) is 20.2. The summed E-state index contributed by atoms with van der Waals surface area (Å²) >= 11 is 0. The zero-order valence-electron chi connectivity index (χ0n) is 47.5. The number of ether oxygens (including phenoxy) is 6. The summed E-state index contributed by atoms with van der Waals surface area (Å²) in [6.45, 7) is 5.39. The van der Waals surface area contributed by atoms with E-state index < -0.39 is 53.6 Å². The van der Waals surface area contributed by atoms with E-state index in [4.69, 9.17) is 28.4 Å². The molecule has 0 amide bonds. The van der Waals surface area contributed by atoms with Crippen molar-refractivity contribution in [2.75, 3.05) is 39.6 Å². The maximum Gasteiger partial charge on any atom is 0.156 e. The van der Waals surface area contributed by atoms with Crippen molar-refractivity contribution in [3.05, 3.63) is 323 Å². The third-order valence-electron chi connectivity index (χ3n) is 16.2. The Morgan fingerprint density at radius 3 is 0.738 bits per heavy atom. The third-order valence-corrected chi connectivity index (χ3v) is 16.2. The van der Waals surface area contributed by atoms with Crippen LogP contribution in [0.3, 0.4) is 0 Å². The van der Waals surface area contributed by atoms with Crippen LogP contribution in [0, 0.1) is 11.8 Å². The molecule has 432 valence electrons. The molecule has 0 spiro atoms. The number of aliphatic hydroxyl groups is 2. The largest absolute Gasteiger partial charge is 0.390 e. The van der Waals surface area contributed by atoms with Crippen molar-refractivity contribution >= 4 is 0 Å². The fraction of sp³-hybridized carbons (Fsp3) is 0.270. The van der Waals surface area contributed by atoms with Gasteiger partial charge >= 0.3 is 0 Å². The maximum absolute atomic E-state index is 14.6. The molecule has 10 heteroatoms. The van der Waals surface area contributed by atoms with E-state index in [1.165, 1.54) is 0 Å². The number of halogens is 2. The molecule has 9 aromatic carbocycles. The van der Waals surface area contributed by atoms with Gasteiger partial charge in [0.2, 0.25) is 0 Å². The summed E-state index contributed by atoms with van der Waals surface area (Å²) < 4.78 is 65.6. The normalized spacial score (nSPS) is 22.3. The van der Waals surface area contributed by atoms with E-state index in [1.54, 1.807) is 0 Å². The zero-order valence-corrected chi connectivity index (χ0v) is 47.5. The van der Waals surface area contributed by atoms with E-state index in [9.17, 15) is 19.0 Å². The topological polar surface area (TPSA) is 95.8 Å². The van der Waals surface area contributed by atoms with E-state index >= 15 is 0 Å². The lowest BCUT2D eigenvalue weighted by atomic mass is 9.80. The van der Waals surface area contributed by atoms with Crippen molar-refractivity contribution in [2.24, 2.45) is 11.8 Å². The molecule has 84 heavy (non-hydrogen) atoms. The van der Waals surface area contributed by atoms with Gasteiger partial charge in [0, 0.05) is 11.8 Å². The molecule has 0 bridgehead atoms. The van der Waals surface area contributed by atoms with Crippen molar-refractivity contribution in [3.8, 4) is 0 Å². The first-order chi connectivity index (χ1) is 41.1. The van der Waals surface area contributed by atoms with Crippen molar-refractivity contribution < 1.29 is 47.4 Å². The molecule has 0 unspecified atom stereocenters. The molecule has 3 aliphatic rings. The third kappa shape index (κ3) is 13.1. The average Bonchev–Trinajstić information content (AvgIpc) is 1.95. The van der Waals surface area contributed by atoms with Crippen molar-refractivity contribution in [1.82, 2.24) is 0 Å². The van der Waals surface area contributed by atoms with Gasteiger partial charge in [0.1, 0.15) is 47.4 Å². The van der Waals surface area contributed by atoms with Crippen LogP contribution in [0.15, 0.2) is 273 Å². The van der Waals surface area contributed by atoms with E-state index in [0.717, 1.165) is 50.1 Å². The van der Waals surface area contributed by atoms with Crippen LogP contribution in [0.5, 0.6) is 0 Å². The smallest absolute Gasteiger partial charge is 0.156 e. The predicted octanol–water partition coefficient (Wildman–Crippen LogP) is 13.9. The van der Waals surface area contributed by atoms with Crippen LogP contribution in [0.1, 0.15) is 63.9 Å². The second kappa shape index (κ2) is 28.4. The highest BCUT2D eigenvalue weighted by Gasteiger charge is 2.45. The molecular formula is C74H74F2O8. The van der Waals surface area contributed by atoms with E-state index in [1.807, 2.05) is 214 Å². The van der Waals surface area contributed by atoms with Gasteiger partial charge in [-0.15, -0.1) is 0 Å². The molecule has 0 radical (unpaired) electrons. The molecular weight excluding hydrogens is 1050 g/mol. The van der Waals surface area contributed by atoms with Gasteiger partial charge in [-0.2, -0.15) is 0 Å². The number of hydrogen-bond donors (Lipinski definition) is 2. The minimum atomic E-state index is -1.46. The standard InChI is InChI=1S/C25H25FO2.C25H26O3.C24H23FO3/c2*1-19-17-27-23(24(19)26)18-28-25(20-11-5-2-6-12-20,21-13-7-3-8-14-21)22-15-9-4-10-16-22;25-23-21(26)16-27-22(23)17-28-24(18-10-4-1-5-11-18,19-12-6-2-7-13-19)20-14-8-3-9-15-20/h2-16,19,23-24H,17-18H2,1H3;2-16,19,23-24,26H,17-18H2,1H3;1-15,21-23,26H,16-17H2/t19-,23-,24-;19-,23-,24+;21-,22-,23-/m111/s1. The van der Waals surface area contributed by atoms with Gasteiger partial charge < -0.3 is 38.6 Å². The van der Waals surface area contributed by atoms with E-state index in [0.29, 0.717) is 19.8 Å². The zero-order chi connectivity index (χ0) is 58.2. The second-order valence-electron chi connectivity index (χ2n) is 21.8. The Labute approximate surface area is 493 Å². The van der Waals surface area contributed by atoms with Crippen LogP contribution in [0.25, 0.3) is 0 Å². The molecule has 3 saturated heterocycles. The molecule has 9 aromatic rings. The van der Waals surface area contributed by atoms with E-state index in [2.05, 4.69) is 72.8 Å². The first-order valence-corrected chi connectivity index (χ1v) is 29.1. The molecule has 0 saturated carbocycles. The Hall–Kier alpha value is -7.48. The minimum Gasteiger partial charge on any atom is -0.390 e. The fourth-order valence-corrected chi connectivity index (χ4v) is 11.7. The fourth-order valence-electron chi connectivity index (χ4n) is 11.7. The van der Waals surface area contributed by atoms with E-state index in [-0.39, 0.29) is 37.8 Å². The Balaban J connectivity index is 0.000000140. The Morgan fingerprint density at radius 2 is 0.536 bits per heavy atom. The molecule has 0 aliphatic carbocycles. The SMILES string of the molecule is C[C@@H]1CO[C@H](COC(c2ccccc2)(c2ccccc2)c2ccccc2)[C@@H]1F.C[C@@H]1CO[C@H](COC(c2ccccc2)(c2ccccc2)c2ccccc2)[C@H]1O.O[C@@H]1CO[C@H](COC(c2ccccc2)(c2ccccc2)c2ccccc2)[C@@H]1F. The molecule has 9 atom stereocenters. The summed E-state index contributed by atoms with van der Waals surface area (Å²) in [5.74, 6) is 0.0151. The molecule has 3 fully saturated rings. The number of hydrogen-bond acceptors (Lipinski definition) is 8. The monoisotopic (exact) mass is 1130 g/mol. The van der Waals surface area contributed by atoms with Crippen molar-refractivity contribution in [1.29, 1.82) is 0 Å². The first kappa shape index (κ1) is 59.7. The van der Waals surface area contributed by atoms with Gasteiger partial charge in [0.25, 0.3) is 0 Å². The Bertz CT molecular complexity index is 2670. The van der Waals surface area contributed by atoms with Gasteiger partial charge in [-0.3, -0.25) is 0 Å². The lowest BCUT2D eigenvalue weighted by Crippen LogP contribution is -2.38. The van der Waals surface area contributed by atoms with Crippen LogP contribution >= 0.6 is 0 Å². The average molecular weight is 1130 g/mol. The summed E-state index contributed by atoms with van der Waals surface area (Å²) in [5.41, 5.74) is 6.48. The summed E-state index contributed by atoms with van der Waals surface area (Å²) in [6, 6.07) is 90.9. The molecule has 12 rings (SSSR count). The van der Waals surface area contributed by atoms with Crippen LogP contribution in [0.4, 0.5) is 8.78 Å². The number of aliphatic hydroxyl groups excluding tert-OH is 2. The summed E-state index contributed by atoms with van der Waals surface area (Å²) in [7, 11) is 0. The first-order valence-electron chi connectivity index (χ1n) is 29.1. The minimum absolute atomic E-state index is 0.00972. The second-order valence-corrected chi connectivity index (χ2v) is 21.8. The molecule has 8 nitrogen and oxygen atoms in total.